The maximum Gasteiger partial charge on any atom is 0.276 e. The van der Waals surface area contributed by atoms with Crippen molar-refractivity contribution in [2.75, 3.05) is 37.5 Å². The van der Waals surface area contributed by atoms with E-state index in [0.717, 1.165) is 24.3 Å². The normalized spacial score (nSPS) is 10.3. The molecule has 0 bridgehead atoms. The maximum absolute atomic E-state index is 12.5. The number of para-hydroxylation sites is 1. The molecular weight excluding hydrogens is 278 g/mol. The van der Waals surface area contributed by atoms with Crippen LogP contribution in [0.3, 0.4) is 0 Å². The molecule has 1 amide bonds. The van der Waals surface area contributed by atoms with Crippen LogP contribution in [0.4, 0.5) is 11.4 Å². The van der Waals surface area contributed by atoms with Crippen LogP contribution in [-0.2, 0) is 4.74 Å². The van der Waals surface area contributed by atoms with E-state index in [0.29, 0.717) is 12.3 Å². The average molecular weight is 299 g/mol. The van der Waals surface area contributed by atoms with Gasteiger partial charge < -0.3 is 15.0 Å². The molecule has 1 aromatic carbocycles. The lowest BCUT2D eigenvalue weighted by Crippen LogP contribution is -2.27. The standard InChI is InChI=1S/C17H21N3O2/c1-20(15-7-4-3-5-8-15)17(21)16-13-14(9-11-19-16)18-10-6-12-22-2/h3-5,7-9,11,13H,6,10,12H2,1-2H3,(H,18,19). The zero-order valence-electron chi connectivity index (χ0n) is 13.0. The van der Waals surface area contributed by atoms with Gasteiger partial charge in [-0.2, -0.15) is 0 Å². The van der Waals surface area contributed by atoms with Crippen LogP contribution in [-0.4, -0.2) is 38.2 Å². The van der Waals surface area contributed by atoms with Gasteiger partial charge in [0.15, 0.2) is 0 Å². The number of anilines is 2. The van der Waals surface area contributed by atoms with Crippen LogP contribution in [0.5, 0.6) is 0 Å². The van der Waals surface area contributed by atoms with Crippen LogP contribution >= 0.6 is 0 Å². The Bertz CT molecular complexity index is 602. The summed E-state index contributed by atoms with van der Waals surface area (Å²) in [7, 11) is 3.43. The van der Waals surface area contributed by atoms with E-state index in [4.69, 9.17) is 4.74 Å². The first-order valence-corrected chi connectivity index (χ1v) is 7.24. The van der Waals surface area contributed by atoms with Crippen LogP contribution in [0.15, 0.2) is 48.7 Å². The third-order valence-electron chi connectivity index (χ3n) is 3.28. The number of hydrogen-bond acceptors (Lipinski definition) is 4. The summed E-state index contributed by atoms with van der Waals surface area (Å²) in [6.45, 7) is 1.50. The Labute approximate surface area is 130 Å². The molecule has 5 heteroatoms. The van der Waals surface area contributed by atoms with Gasteiger partial charge in [-0.3, -0.25) is 9.78 Å². The first-order valence-electron chi connectivity index (χ1n) is 7.24. The Morgan fingerprint density at radius 3 is 2.77 bits per heavy atom. The van der Waals surface area contributed by atoms with Crippen molar-refractivity contribution in [1.82, 2.24) is 4.98 Å². The molecule has 0 aliphatic carbocycles. The van der Waals surface area contributed by atoms with Crippen LogP contribution in [0.1, 0.15) is 16.9 Å². The lowest BCUT2D eigenvalue weighted by Gasteiger charge is -2.17. The number of methoxy groups -OCH3 is 1. The SMILES string of the molecule is COCCCNc1ccnc(C(=O)N(C)c2ccccc2)c1. The molecule has 0 spiro atoms. The van der Waals surface area contributed by atoms with Crippen molar-refractivity contribution in [1.29, 1.82) is 0 Å². The summed E-state index contributed by atoms with van der Waals surface area (Å²) in [4.78, 5) is 18.3. The Balaban J connectivity index is 2.03. The van der Waals surface area contributed by atoms with Gasteiger partial charge in [0.25, 0.3) is 5.91 Å². The van der Waals surface area contributed by atoms with Crippen molar-refractivity contribution in [3.63, 3.8) is 0 Å². The molecule has 0 atom stereocenters. The molecule has 0 unspecified atom stereocenters. The molecule has 116 valence electrons. The Morgan fingerprint density at radius 2 is 2.05 bits per heavy atom. The second kappa shape index (κ2) is 8.14. The first kappa shape index (κ1) is 16.0. The molecule has 1 aromatic heterocycles. The number of carbonyl (C=O) groups excluding carboxylic acids is 1. The van der Waals surface area contributed by atoms with Crippen molar-refractivity contribution in [2.24, 2.45) is 0 Å². The molecule has 5 nitrogen and oxygen atoms in total. The highest BCUT2D eigenvalue weighted by molar-refractivity contribution is 6.04. The van der Waals surface area contributed by atoms with E-state index in [-0.39, 0.29) is 5.91 Å². The van der Waals surface area contributed by atoms with Gasteiger partial charge in [-0.05, 0) is 30.7 Å². The Kier molecular flexibility index (Phi) is 5.91. The number of hydrogen-bond donors (Lipinski definition) is 1. The van der Waals surface area contributed by atoms with Crippen molar-refractivity contribution < 1.29 is 9.53 Å². The molecule has 2 aromatic rings. The summed E-state index contributed by atoms with van der Waals surface area (Å²) < 4.78 is 5.01. The van der Waals surface area contributed by atoms with Gasteiger partial charge in [0.1, 0.15) is 5.69 Å². The third kappa shape index (κ3) is 4.30. The molecule has 1 heterocycles. The topological polar surface area (TPSA) is 54.5 Å². The van der Waals surface area contributed by atoms with Crippen molar-refractivity contribution in [3.05, 3.63) is 54.4 Å². The fourth-order valence-corrected chi connectivity index (χ4v) is 2.05. The number of amides is 1. The second-order valence-corrected chi connectivity index (χ2v) is 4.90. The number of rotatable bonds is 7. The predicted molar refractivity (Wildman–Crippen MR) is 88.4 cm³/mol. The molecule has 22 heavy (non-hydrogen) atoms. The fraction of sp³-hybridized carbons (Fsp3) is 0.294. The summed E-state index contributed by atoms with van der Waals surface area (Å²) in [6, 6.07) is 13.1. The Morgan fingerprint density at radius 1 is 1.27 bits per heavy atom. The largest absolute Gasteiger partial charge is 0.385 e. The van der Waals surface area contributed by atoms with Gasteiger partial charge in [0.05, 0.1) is 0 Å². The number of benzene rings is 1. The first-order chi connectivity index (χ1) is 10.7. The van der Waals surface area contributed by atoms with E-state index in [1.807, 2.05) is 36.4 Å². The van der Waals surface area contributed by atoms with Gasteiger partial charge >= 0.3 is 0 Å². The quantitative estimate of drug-likeness (QED) is 0.799. The summed E-state index contributed by atoms with van der Waals surface area (Å²) >= 11 is 0. The summed E-state index contributed by atoms with van der Waals surface area (Å²) in [5.41, 5.74) is 2.15. The smallest absolute Gasteiger partial charge is 0.276 e. The van der Waals surface area contributed by atoms with Gasteiger partial charge in [0, 0.05) is 44.9 Å². The summed E-state index contributed by atoms with van der Waals surface area (Å²) in [5, 5.41) is 3.26. The Hall–Kier alpha value is -2.40. The second-order valence-electron chi connectivity index (χ2n) is 4.90. The molecule has 1 N–H and O–H groups in total. The number of pyridine rings is 1. The van der Waals surface area contributed by atoms with Crippen LogP contribution < -0.4 is 10.2 Å². The molecule has 0 saturated heterocycles. The summed E-state index contributed by atoms with van der Waals surface area (Å²) in [6.07, 6.45) is 2.55. The predicted octanol–water partition coefficient (Wildman–Crippen LogP) is 2.81. The maximum atomic E-state index is 12.5. The molecule has 0 aliphatic rings. The number of nitrogens with zero attached hydrogens (tertiary/aromatic N) is 2. The summed E-state index contributed by atoms with van der Waals surface area (Å²) in [5.74, 6) is -0.133. The van der Waals surface area contributed by atoms with Crippen LogP contribution in [0.25, 0.3) is 0 Å². The van der Waals surface area contributed by atoms with Gasteiger partial charge in [-0.15, -0.1) is 0 Å². The van der Waals surface area contributed by atoms with Crippen molar-refractivity contribution >= 4 is 17.3 Å². The van der Waals surface area contributed by atoms with Gasteiger partial charge in [-0.1, -0.05) is 18.2 Å². The number of ether oxygens (including phenoxy) is 1. The molecular formula is C17H21N3O2. The highest BCUT2D eigenvalue weighted by Crippen LogP contribution is 2.15. The van der Waals surface area contributed by atoms with Crippen LogP contribution in [0, 0.1) is 0 Å². The lowest BCUT2D eigenvalue weighted by molar-refractivity contribution is 0.0988. The number of carbonyl (C=O) groups is 1. The molecule has 0 fully saturated rings. The van der Waals surface area contributed by atoms with E-state index < -0.39 is 0 Å². The number of nitrogens with one attached hydrogen (secondary N) is 1. The monoisotopic (exact) mass is 299 g/mol. The van der Waals surface area contributed by atoms with E-state index in [1.165, 1.54) is 0 Å². The van der Waals surface area contributed by atoms with E-state index in [9.17, 15) is 4.79 Å². The molecule has 0 radical (unpaired) electrons. The minimum atomic E-state index is -0.133. The van der Waals surface area contributed by atoms with Gasteiger partial charge in [-0.25, -0.2) is 0 Å². The molecule has 0 saturated carbocycles. The zero-order chi connectivity index (χ0) is 15.8. The average Bonchev–Trinajstić information content (AvgIpc) is 2.58. The van der Waals surface area contributed by atoms with Crippen molar-refractivity contribution in [3.8, 4) is 0 Å². The minimum Gasteiger partial charge on any atom is -0.385 e. The highest BCUT2D eigenvalue weighted by atomic mass is 16.5. The van der Waals surface area contributed by atoms with E-state index >= 15 is 0 Å². The van der Waals surface area contributed by atoms with Crippen LogP contribution in [0.2, 0.25) is 0 Å². The van der Waals surface area contributed by atoms with E-state index in [1.54, 1.807) is 31.3 Å². The van der Waals surface area contributed by atoms with Gasteiger partial charge in [0.2, 0.25) is 0 Å². The molecule has 2 rings (SSSR count). The van der Waals surface area contributed by atoms with Crippen molar-refractivity contribution in [2.45, 2.75) is 6.42 Å². The zero-order valence-corrected chi connectivity index (χ0v) is 13.0. The molecule has 0 aliphatic heterocycles. The third-order valence-corrected chi connectivity index (χ3v) is 3.28. The number of aromatic nitrogens is 1. The minimum absolute atomic E-state index is 0.133. The fourth-order valence-electron chi connectivity index (χ4n) is 2.05. The van der Waals surface area contributed by atoms with E-state index in [2.05, 4.69) is 10.3 Å². The lowest BCUT2D eigenvalue weighted by atomic mass is 10.2. The highest BCUT2D eigenvalue weighted by Gasteiger charge is 2.14.